The van der Waals surface area contributed by atoms with Crippen LogP contribution in [0.15, 0.2) is 35.7 Å². The monoisotopic (exact) mass is 319 g/mol. The van der Waals surface area contributed by atoms with Gasteiger partial charge in [-0.3, -0.25) is 4.79 Å². The molecule has 0 aliphatic rings. The van der Waals surface area contributed by atoms with Gasteiger partial charge in [0.15, 0.2) is 0 Å². The maximum absolute atomic E-state index is 12.3. The van der Waals surface area contributed by atoms with E-state index < -0.39 is 5.92 Å². The molecule has 1 aromatic heterocycles. The Morgan fingerprint density at radius 2 is 2.14 bits per heavy atom. The van der Waals surface area contributed by atoms with E-state index in [1.165, 1.54) is 11.3 Å². The molecule has 6 heteroatoms. The number of nitrogens with two attached hydrogens (primary N) is 1. The summed E-state index contributed by atoms with van der Waals surface area (Å²) < 4.78 is 0. The highest BCUT2D eigenvalue weighted by molar-refractivity contribution is 7.80. The number of rotatable bonds is 6. The number of benzene rings is 1. The minimum atomic E-state index is -0.497. The number of aryl methyl sites for hydroxylation is 1. The molecule has 110 valence electrons. The zero-order chi connectivity index (χ0) is 15.2. The molecule has 2 rings (SSSR count). The number of carbonyl (C=O) groups excluding carboxylic acids is 1. The Morgan fingerprint density at radius 3 is 2.71 bits per heavy atom. The van der Waals surface area contributed by atoms with Gasteiger partial charge < -0.3 is 11.1 Å². The molecule has 0 radical (unpaired) electrons. The van der Waals surface area contributed by atoms with E-state index >= 15 is 0 Å². The summed E-state index contributed by atoms with van der Waals surface area (Å²) in [5.74, 6) is -0.650. The normalized spacial score (nSPS) is 11.9. The summed E-state index contributed by atoms with van der Waals surface area (Å²) in [5.41, 5.74) is 7.71. The van der Waals surface area contributed by atoms with E-state index in [9.17, 15) is 4.79 Å². The topological polar surface area (TPSA) is 68.0 Å². The molecule has 2 aromatic rings. The van der Waals surface area contributed by atoms with Crippen molar-refractivity contribution in [3.63, 3.8) is 0 Å². The summed E-state index contributed by atoms with van der Waals surface area (Å²) in [6.07, 6.45) is 0.513. The fourth-order valence-corrected chi connectivity index (χ4v) is 2.84. The number of amides is 1. The van der Waals surface area contributed by atoms with Gasteiger partial charge in [-0.2, -0.15) is 0 Å². The number of hydrogen-bond donors (Lipinski definition) is 2. The lowest BCUT2D eigenvalue weighted by atomic mass is 9.98. The number of thiazole rings is 1. The Labute approximate surface area is 133 Å². The van der Waals surface area contributed by atoms with Crippen molar-refractivity contribution in [3.8, 4) is 0 Å². The minimum Gasteiger partial charge on any atom is -0.393 e. The van der Waals surface area contributed by atoms with Gasteiger partial charge >= 0.3 is 0 Å². The maximum Gasteiger partial charge on any atom is 0.230 e. The summed E-state index contributed by atoms with van der Waals surface area (Å²) in [7, 11) is 0. The standard InChI is InChI=1S/C15H17N3OS2/c1-10-9-21-13(18-10)8-17-15(19)12(14(16)20)7-11-5-3-2-4-6-11/h2-6,9,12H,7-8H2,1H3,(H2,16,20)(H,17,19). The highest BCUT2D eigenvalue weighted by Gasteiger charge is 2.21. The molecule has 0 spiro atoms. The molecular weight excluding hydrogens is 302 g/mol. The zero-order valence-corrected chi connectivity index (χ0v) is 13.3. The van der Waals surface area contributed by atoms with Gasteiger partial charge in [0.25, 0.3) is 0 Å². The Morgan fingerprint density at radius 1 is 1.43 bits per heavy atom. The second-order valence-corrected chi connectivity index (χ2v) is 6.16. The van der Waals surface area contributed by atoms with E-state index in [0.29, 0.717) is 13.0 Å². The predicted molar refractivity (Wildman–Crippen MR) is 89.1 cm³/mol. The predicted octanol–water partition coefficient (Wildman–Crippen LogP) is 2.21. The van der Waals surface area contributed by atoms with Crippen LogP contribution in [-0.4, -0.2) is 15.9 Å². The molecule has 4 nitrogen and oxygen atoms in total. The number of nitrogens with one attached hydrogen (secondary N) is 1. The van der Waals surface area contributed by atoms with E-state index in [0.717, 1.165) is 16.3 Å². The molecule has 0 aliphatic carbocycles. The second kappa shape index (κ2) is 7.28. The Kier molecular flexibility index (Phi) is 5.41. The maximum atomic E-state index is 12.3. The number of aromatic nitrogens is 1. The van der Waals surface area contributed by atoms with Crippen molar-refractivity contribution in [2.75, 3.05) is 0 Å². The molecule has 21 heavy (non-hydrogen) atoms. The first-order chi connectivity index (χ1) is 10.1. The highest BCUT2D eigenvalue weighted by atomic mass is 32.1. The number of carbonyl (C=O) groups is 1. The van der Waals surface area contributed by atoms with Crippen LogP contribution in [0.5, 0.6) is 0 Å². The molecule has 1 atom stereocenters. The van der Waals surface area contributed by atoms with Crippen molar-refractivity contribution in [2.45, 2.75) is 19.9 Å². The van der Waals surface area contributed by atoms with Crippen molar-refractivity contribution < 1.29 is 4.79 Å². The quantitative estimate of drug-likeness (QED) is 0.801. The molecule has 1 unspecified atom stereocenters. The van der Waals surface area contributed by atoms with Gasteiger partial charge in [-0.25, -0.2) is 4.98 Å². The van der Waals surface area contributed by atoms with Crippen LogP contribution < -0.4 is 11.1 Å². The van der Waals surface area contributed by atoms with Crippen molar-refractivity contribution >= 4 is 34.5 Å². The van der Waals surface area contributed by atoms with Gasteiger partial charge in [-0.05, 0) is 18.9 Å². The van der Waals surface area contributed by atoms with E-state index in [4.69, 9.17) is 18.0 Å². The molecule has 0 saturated heterocycles. The van der Waals surface area contributed by atoms with E-state index in [1.54, 1.807) is 0 Å². The molecule has 1 heterocycles. The van der Waals surface area contributed by atoms with Crippen LogP contribution in [0, 0.1) is 12.8 Å². The first-order valence-electron chi connectivity index (χ1n) is 6.58. The Hall–Kier alpha value is -1.79. The van der Waals surface area contributed by atoms with Crippen LogP contribution in [0.3, 0.4) is 0 Å². The first kappa shape index (κ1) is 15.6. The Balaban J connectivity index is 1.97. The third kappa shape index (κ3) is 4.61. The van der Waals surface area contributed by atoms with E-state index in [2.05, 4.69) is 10.3 Å². The summed E-state index contributed by atoms with van der Waals surface area (Å²) >= 11 is 6.56. The molecule has 1 amide bonds. The van der Waals surface area contributed by atoms with Crippen molar-refractivity contribution in [2.24, 2.45) is 11.7 Å². The minimum absolute atomic E-state index is 0.154. The summed E-state index contributed by atoms with van der Waals surface area (Å²) in [6, 6.07) is 9.72. The van der Waals surface area contributed by atoms with Gasteiger partial charge in [-0.1, -0.05) is 42.5 Å². The van der Waals surface area contributed by atoms with Crippen molar-refractivity contribution in [3.05, 3.63) is 52.0 Å². The molecular formula is C15H17N3OS2. The second-order valence-electron chi connectivity index (χ2n) is 4.75. The van der Waals surface area contributed by atoms with Gasteiger partial charge in [0.2, 0.25) is 5.91 Å². The first-order valence-corrected chi connectivity index (χ1v) is 7.87. The van der Waals surface area contributed by atoms with Gasteiger partial charge in [0.1, 0.15) is 5.01 Å². The lowest BCUT2D eigenvalue weighted by Crippen LogP contribution is -2.38. The number of thiocarbonyl (C=S) groups is 1. The van der Waals surface area contributed by atoms with Crippen LogP contribution in [0.2, 0.25) is 0 Å². The van der Waals surface area contributed by atoms with Crippen LogP contribution >= 0.6 is 23.6 Å². The van der Waals surface area contributed by atoms with Crippen LogP contribution in [-0.2, 0) is 17.8 Å². The fourth-order valence-electron chi connectivity index (χ4n) is 1.94. The molecule has 3 N–H and O–H groups in total. The van der Waals surface area contributed by atoms with Crippen LogP contribution in [0.25, 0.3) is 0 Å². The molecule has 1 aromatic carbocycles. The molecule has 0 saturated carbocycles. The third-order valence-corrected chi connectivity index (χ3v) is 4.27. The SMILES string of the molecule is Cc1csc(CNC(=O)C(Cc2ccccc2)C(N)=S)n1. The zero-order valence-electron chi connectivity index (χ0n) is 11.7. The number of hydrogen-bond acceptors (Lipinski definition) is 4. The van der Waals surface area contributed by atoms with Crippen LogP contribution in [0.1, 0.15) is 16.3 Å². The van der Waals surface area contributed by atoms with E-state index in [1.807, 2.05) is 42.6 Å². The van der Waals surface area contributed by atoms with Gasteiger partial charge in [-0.15, -0.1) is 11.3 Å². The van der Waals surface area contributed by atoms with Crippen molar-refractivity contribution in [1.29, 1.82) is 0 Å². The molecule has 0 fully saturated rings. The largest absolute Gasteiger partial charge is 0.393 e. The number of nitrogens with zero attached hydrogens (tertiary/aromatic N) is 1. The summed E-state index contributed by atoms with van der Waals surface area (Å²) in [5, 5.41) is 5.69. The summed E-state index contributed by atoms with van der Waals surface area (Å²) in [6.45, 7) is 2.33. The van der Waals surface area contributed by atoms with Crippen molar-refractivity contribution in [1.82, 2.24) is 10.3 Å². The average Bonchev–Trinajstić information content (AvgIpc) is 2.89. The summed E-state index contributed by atoms with van der Waals surface area (Å²) in [4.78, 5) is 16.8. The lowest BCUT2D eigenvalue weighted by molar-refractivity contribution is -0.123. The smallest absolute Gasteiger partial charge is 0.230 e. The molecule has 0 aliphatic heterocycles. The van der Waals surface area contributed by atoms with Gasteiger partial charge in [0.05, 0.1) is 17.5 Å². The van der Waals surface area contributed by atoms with Crippen LogP contribution in [0.4, 0.5) is 0 Å². The van der Waals surface area contributed by atoms with E-state index in [-0.39, 0.29) is 10.9 Å². The highest BCUT2D eigenvalue weighted by Crippen LogP contribution is 2.11. The lowest BCUT2D eigenvalue weighted by Gasteiger charge is -2.15. The van der Waals surface area contributed by atoms with Gasteiger partial charge in [0, 0.05) is 11.1 Å². The molecule has 0 bridgehead atoms. The third-order valence-electron chi connectivity index (χ3n) is 3.02. The fraction of sp³-hybridized carbons (Fsp3) is 0.267. The average molecular weight is 319 g/mol. The Bertz CT molecular complexity index is 625.